The van der Waals surface area contributed by atoms with E-state index in [1.165, 1.54) is 36.4 Å². The van der Waals surface area contributed by atoms with Gasteiger partial charge in [-0.05, 0) is 52.3 Å². The quantitative estimate of drug-likeness (QED) is 0.679. The van der Waals surface area contributed by atoms with Gasteiger partial charge in [-0.25, -0.2) is 12.8 Å². The fourth-order valence-electron chi connectivity index (χ4n) is 1.56. The summed E-state index contributed by atoms with van der Waals surface area (Å²) in [5.41, 5.74) is 0.484. The Labute approximate surface area is 139 Å². The minimum Gasteiger partial charge on any atom is -0.488 e. The summed E-state index contributed by atoms with van der Waals surface area (Å²) < 4.78 is 41.4. The van der Waals surface area contributed by atoms with Crippen LogP contribution in [-0.2, 0) is 15.7 Å². The first-order chi connectivity index (χ1) is 9.77. The van der Waals surface area contributed by atoms with Crippen LogP contribution in [0.2, 0.25) is 5.02 Å². The van der Waals surface area contributed by atoms with Gasteiger partial charge in [-0.1, -0.05) is 11.6 Å². The molecule has 0 unspecified atom stereocenters. The number of halogens is 4. The van der Waals surface area contributed by atoms with Gasteiger partial charge in [0.2, 0.25) is 0 Å². The fourth-order valence-corrected chi connectivity index (χ4v) is 3.15. The van der Waals surface area contributed by atoms with Crippen LogP contribution in [0.3, 0.4) is 0 Å². The molecule has 3 nitrogen and oxygen atoms in total. The monoisotopic (exact) mass is 412 g/mol. The molecule has 0 bridgehead atoms. The zero-order valence-corrected chi connectivity index (χ0v) is 14.2. The molecule has 0 heterocycles. The number of ether oxygens (including phenoxy) is 1. The lowest BCUT2D eigenvalue weighted by molar-refractivity contribution is 0.303. The van der Waals surface area contributed by atoms with Crippen LogP contribution < -0.4 is 4.74 Å². The molecule has 2 rings (SSSR count). The maximum Gasteiger partial charge on any atom is 0.261 e. The van der Waals surface area contributed by atoms with Gasteiger partial charge in [0.25, 0.3) is 9.05 Å². The van der Waals surface area contributed by atoms with Crippen molar-refractivity contribution in [3.63, 3.8) is 0 Å². The van der Waals surface area contributed by atoms with E-state index in [9.17, 15) is 12.8 Å². The standard InChI is InChI=1S/C13H8BrCl2FO3S/c14-11-6-10(21(16,18)19)2-4-13(11)20-7-8-5-9(17)1-3-12(8)15/h1-6H,7H2. The molecule has 8 heteroatoms. The lowest BCUT2D eigenvalue weighted by Gasteiger charge is -2.10. The lowest BCUT2D eigenvalue weighted by Crippen LogP contribution is -1.99. The zero-order chi connectivity index (χ0) is 15.6. The molecule has 0 saturated heterocycles. The Morgan fingerprint density at radius 2 is 1.90 bits per heavy atom. The highest BCUT2D eigenvalue weighted by atomic mass is 79.9. The summed E-state index contributed by atoms with van der Waals surface area (Å²) in [4.78, 5) is -0.0489. The van der Waals surface area contributed by atoms with Crippen molar-refractivity contribution in [2.24, 2.45) is 0 Å². The van der Waals surface area contributed by atoms with E-state index in [1.54, 1.807) is 0 Å². The molecule has 0 aliphatic heterocycles. The molecular weight excluding hydrogens is 406 g/mol. The average molecular weight is 414 g/mol. The smallest absolute Gasteiger partial charge is 0.261 e. The molecule has 0 aliphatic carbocycles. The van der Waals surface area contributed by atoms with E-state index < -0.39 is 14.9 Å². The number of rotatable bonds is 4. The fraction of sp³-hybridized carbons (Fsp3) is 0.0769. The van der Waals surface area contributed by atoms with E-state index >= 15 is 0 Å². The van der Waals surface area contributed by atoms with Crippen LogP contribution in [0.4, 0.5) is 4.39 Å². The van der Waals surface area contributed by atoms with Gasteiger partial charge in [0, 0.05) is 21.3 Å². The summed E-state index contributed by atoms with van der Waals surface area (Å²) in [5.74, 6) is -0.0277. The highest BCUT2D eigenvalue weighted by Crippen LogP contribution is 2.30. The lowest BCUT2D eigenvalue weighted by atomic mass is 10.2. The third kappa shape index (κ3) is 4.32. The number of hydrogen-bond acceptors (Lipinski definition) is 3. The van der Waals surface area contributed by atoms with Crippen LogP contribution in [0.1, 0.15) is 5.56 Å². The molecule has 0 saturated carbocycles. The molecule has 0 aromatic heterocycles. The van der Waals surface area contributed by atoms with Crippen molar-refractivity contribution >= 4 is 47.3 Å². The molecule has 112 valence electrons. The molecular formula is C13H8BrCl2FO3S. The largest absolute Gasteiger partial charge is 0.488 e. The van der Waals surface area contributed by atoms with E-state index in [1.807, 2.05) is 0 Å². The van der Waals surface area contributed by atoms with Crippen molar-refractivity contribution in [1.29, 1.82) is 0 Å². The SMILES string of the molecule is O=S(=O)(Cl)c1ccc(OCc2cc(F)ccc2Cl)c(Br)c1. The normalized spacial score (nSPS) is 11.4. The molecule has 2 aromatic carbocycles. The van der Waals surface area contributed by atoms with Gasteiger partial charge in [0.05, 0.1) is 9.37 Å². The molecule has 21 heavy (non-hydrogen) atoms. The molecule has 0 radical (unpaired) electrons. The van der Waals surface area contributed by atoms with Gasteiger partial charge in [-0.15, -0.1) is 0 Å². The van der Waals surface area contributed by atoms with Gasteiger partial charge in [0.1, 0.15) is 18.2 Å². The maximum atomic E-state index is 13.1. The first-order valence-corrected chi connectivity index (χ1v) is 9.06. The molecule has 0 fully saturated rings. The molecule has 0 aliphatic rings. The Kier molecular flexibility index (Phi) is 5.14. The second-order valence-electron chi connectivity index (χ2n) is 4.05. The third-order valence-electron chi connectivity index (χ3n) is 2.58. The van der Waals surface area contributed by atoms with Crippen molar-refractivity contribution in [1.82, 2.24) is 0 Å². The molecule has 0 spiro atoms. The van der Waals surface area contributed by atoms with Crippen LogP contribution in [0.5, 0.6) is 5.75 Å². The van der Waals surface area contributed by atoms with E-state index in [0.717, 1.165) is 0 Å². The third-order valence-corrected chi connectivity index (χ3v) is 4.92. The van der Waals surface area contributed by atoms with Crippen LogP contribution >= 0.6 is 38.2 Å². The topological polar surface area (TPSA) is 43.4 Å². The second kappa shape index (κ2) is 6.52. The second-order valence-corrected chi connectivity index (χ2v) is 7.88. The molecule has 0 atom stereocenters. The Morgan fingerprint density at radius 1 is 1.19 bits per heavy atom. The summed E-state index contributed by atoms with van der Waals surface area (Å²) in [7, 11) is 1.44. The predicted octanol–water partition coefficient (Wildman–Crippen LogP) is 4.75. The Hall–Kier alpha value is -0.820. The van der Waals surface area contributed by atoms with Gasteiger partial charge in [0.15, 0.2) is 0 Å². The molecule has 2 aromatic rings. The van der Waals surface area contributed by atoms with Crippen molar-refractivity contribution in [3.8, 4) is 5.75 Å². The summed E-state index contributed by atoms with van der Waals surface area (Å²) in [6.07, 6.45) is 0. The van der Waals surface area contributed by atoms with Crippen molar-refractivity contribution in [2.75, 3.05) is 0 Å². The Morgan fingerprint density at radius 3 is 2.52 bits per heavy atom. The zero-order valence-electron chi connectivity index (χ0n) is 10.3. The van der Waals surface area contributed by atoms with Crippen molar-refractivity contribution < 1.29 is 17.5 Å². The predicted molar refractivity (Wildman–Crippen MR) is 82.9 cm³/mol. The average Bonchev–Trinajstić information content (AvgIpc) is 2.40. The minimum atomic E-state index is -3.81. The number of hydrogen-bond donors (Lipinski definition) is 0. The Balaban J connectivity index is 2.19. The van der Waals surface area contributed by atoms with Crippen molar-refractivity contribution in [2.45, 2.75) is 11.5 Å². The van der Waals surface area contributed by atoms with Crippen LogP contribution in [0, 0.1) is 5.82 Å². The van der Waals surface area contributed by atoms with Crippen LogP contribution in [0.15, 0.2) is 45.8 Å². The minimum absolute atomic E-state index is 0.0438. The first-order valence-electron chi connectivity index (χ1n) is 5.58. The van der Waals surface area contributed by atoms with Gasteiger partial charge >= 0.3 is 0 Å². The van der Waals surface area contributed by atoms with Gasteiger partial charge < -0.3 is 4.74 Å². The summed E-state index contributed by atoms with van der Waals surface area (Å²) in [6, 6.07) is 8.05. The van der Waals surface area contributed by atoms with E-state index in [0.29, 0.717) is 20.8 Å². The molecule has 0 amide bonds. The Bertz CT molecular complexity index is 781. The number of benzene rings is 2. The summed E-state index contributed by atoms with van der Waals surface area (Å²) >= 11 is 9.12. The molecule has 0 N–H and O–H groups in total. The van der Waals surface area contributed by atoms with Crippen LogP contribution in [0.25, 0.3) is 0 Å². The van der Waals surface area contributed by atoms with E-state index in [2.05, 4.69) is 15.9 Å². The highest BCUT2D eigenvalue weighted by Gasteiger charge is 2.13. The van der Waals surface area contributed by atoms with Gasteiger partial charge in [-0.3, -0.25) is 0 Å². The summed E-state index contributed by atoms with van der Waals surface area (Å²) in [5, 5.41) is 0.382. The summed E-state index contributed by atoms with van der Waals surface area (Å²) in [6.45, 7) is 0.0438. The van der Waals surface area contributed by atoms with Crippen molar-refractivity contribution in [3.05, 3.63) is 57.3 Å². The van der Waals surface area contributed by atoms with E-state index in [4.69, 9.17) is 27.0 Å². The first kappa shape index (κ1) is 16.5. The highest BCUT2D eigenvalue weighted by molar-refractivity contribution is 9.10. The van der Waals surface area contributed by atoms with Crippen LogP contribution in [-0.4, -0.2) is 8.42 Å². The maximum absolute atomic E-state index is 13.1. The van der Waals surface area contributed by atoms with Gasteiger partial charge in [-0.2, -0.15) is 0 Å². The van der Waals surface area contributed by atoms with E-state index in [-0.39, 0.29) is 11.5 Å².